The molecule has 0 radical (unpaired) electrons. The molecule has 0 spiro atoms. The van der Waals surface area contributed by atoms with Gasteiger partial charge < -0.3 is 9.64 Å². The molecule has 0 saturated heterocycles. The number of carbonyl (C=O) groups is 2. The summed E-state index contributed by atoms with van der Waals surface area (Å²) < 4.78 is 5.01. The number of carbonyl (C=O) groups excluding carboxylic acids is 2. The molecule has 0 unspecified atom stereocenters. The van der Waals surface area contributed by atoms with Gasteiger partial charge in [-0.15, -0.1) is 0 Å². The first-order chi connectivity index (χ1) is 7.61. The fraction of sp³-hybridized carbons (Fsp3) is 0.833. The largest absolute Gasteiger partial charge is 0.464 e. The van der Waals surface area contributed by atoms with Crippen LogP contribution >= 0.6 is 0 Å². The van der Waals surface area contributed by atoms with Crippen molar-refractivity contribution >= 4 is 11.9 Å². The van der Waals surface area contributed by atoms with Gasteiger partial charge in [0.2, 0.25) is 5.91 Å². The summed E-state index contributed by atoms with van der Waals surface area (Å²) in [5.74, 6) is -0.138. The molecule has 0 aliphatic heterocycles. The van der Waals surface area contributed by atoms with Gasteiger partial charge in [0.15, 0.2) is 0 Å². The lowest BCUT2D eigenvalue weighted by Crippen LogP contribution is -2.33. The van der Waals surface area contributed by atoms with Crippen LogP contribution in [0.15, 0.2) is 0 Å². The van der Waals surface area contributed by atoms with E-state index >= 15 is 0 Å². The third-order valence-electron chi connectivity index (χ3n) is 2.31. The van der Waals surface area contributed by atoms with Crippen molar-refractivity contribution < 1.29 is 14.3 Å². The van der Waals surface area contributed by atoms with Crippen molar-refractivity contribution in [1.82, 2.24) is 4.90 Å². The van der Waals surface area contributed by atoms with Gasteiger partial charge in [0.1, 0.15) is 6.61 Å². The van der Waals surface area contributed by atoms with Gasteiger partial charge >= 0.3 is 5.97 Å². The van der Waals surface area contributed by atoms with Gasteiger partial charge in [-0.25, -0.2) is 0 Å². The van der Waals surface area contributed by atoms with Crippen molar-refractivity contribution in [2.45, 2.75) is 46.5 Å². The summed E-state index contributed by atoms with van der Waals surface area (Å²) in [6, 6.07) is 0. The van der Waals surface area contributed by atoms with E-state index in [1.54, 1.807) is 11.8 Å². The van der Waals surface area contributed by atoms with E-state index in [2.05, 4.69) is 6.92 Å². The fourth-order valence-electron chi connectivity index (χ4n) is 1.32. The molecule has 0 aliphatic rings. The van der Waals surface area contributed by atoms with Gasteiger partial charge in [0, 0.05) is 19.9 Å². The summed E-state index contributed by atoms with van der Waals surface area (Å²) in [6.07, 6.45) is 3.29. The molecule has 4 nitrogen and oxygen atoms in total. The molecule has 0 N–H and O–H groups in total. The molecule has 94 valence electrons. The van der Waals surface area contributed by atoms with E-state index in [0.29, 0.717) is 19.6 Å². The van der Waals surface area contributed by atoms with E-state index in [0.717, 1.165) is 25.8 Å². The number of hydrogen-bond acceptors (Lipinski definition) is 3. The molecule has 1 amide bonds. The average Bonchev–Trinajstić information content (AvgIpc) is 2.23. The Bertz CT molecular complexity index is 216. The van der Waals surface area contributed by atoms with Gasteiger partial charge in [-0.3, -0.25) is 9.59 Å². The molecule has 4 heteroatoms. The maximum absolute atomic E-state index is 11.2. The van der Waals surface area contributed by atoms with E-state index in [1.165, 1.54) is 0 Å². The second-order valence-corrected chi connectivity index (χ2v) is 3.83. The van der Waals surface area contributed by atoms with Gasteiger partial charge in [0.25, 0.3) is 0 Å². The Morgan fingerprint density at radius 2 is 1.81 bits per heavy atom. The highest BCUT2D eigenvalue weighted by Gasteiger charge is 2.08. The number of hydrogen-bond donors (Lipinski definition) is 0. The van der Waals surface area contributed by atoms with E-state index in [9.17, 15) is 9.59 Å². The molecule has 0 aromatic carbocycles. The number of esters is 1. The first kappa shape index (κ1) is 14.9. The Balaban J connectivity index is 3.75. The summed E-state index contributed by atoms with van der Waals surface area (Å²) in [7, 11) is 0. The van der Waals surface area contributed by atoms with Gasteiger partial charge in [0.05, 0.1) is 6.54 Å². The van der Waals surface area contributed by atoms with Crippen LogP contribution in [0.5, 0.6) is 0 Å². The molecule has 0 fully saturated rings. The highest BCUT2D eigenvalue weighted by Crippen LogP contribution is 1.97. The fourth-order valence-corrected chi connectivity index (χ4v) is 1.32. The maximum Gasteiger partial charge on any atom is 0.305 e. The summed E-state index contributed by atoms with van der Waals surface area (Å²) in [6.45, 7) is 7.12. The highest BCUT2D eigenvalue weighted by molar-refractivity contribution is 5.73. The van der Waals surface area contributed by atoms with Crippen LogP contribution in [0.1, 0.15) is 46.5 Å². The van der Waals surface area contributed by atoms with Crippen LogP contribution in [0.25, 0.3) is 0 Å². The minimum absolute atomic E-state index is 0.0417. The Morgan fingerprint density at radius 3 is 2.31 bits per heavy atom. The molecular formula is C12H23NO3. The van der Waals surface area contributed by atoms with Gasteiger partial charge in [-0.05, 0) is 12.8 Å². The number of amides is 1. The van der Waals surface area contributed by atoms with E-state index in [1.807, 2.05) is 6.92 Å². The lowest BCUT2D eigenvalue weighted by Gasteiger charge is -2.20. The Labute approximate surface area is 98.0 Å². The van der Waals surface area contributed by atoms with Crippen molar-refractivity contribution in [1.29, 1.82) is 0 Å². The zero-order chi connectivity index (χ0) is 12.4. The Morgan fingerprint density at radius 1 is 1.12 bits per heavy atom. The number of nitrogens with zero attached hydrogens (tertiary/aromatic N) is 1. The zero-order valence-electron chi connectivity index (χ0n) is 10.6. The first-order valence-corrected chi connectivity index (χ1v) is 6.02. The van der Waals surface area contributed by atoms with E-state index in [4.69, 9.17) is 4.74 Å². The van der Waals surface area contributed by atoms with Crippen LogP contribution in [-0.4, -0.2) is 36.5 Å². The number of ether oxygens (including phenoxy) is 1. The minimum atomic E-state index is -0.179. The third-order valence-corrected chi connectivity index (χ3v) is 2.31. The molecule has 0 aromatic heterocycles. The lowest BCUT2D eigenvalue weighted by molar-refractivity contribution is -0.145. The Hall–Kier alpha value is -1.06. The lowest BCUT2D eigenvalue weighted by atomic mass is 10.3. The van der Waals surface area contributed by atoms with Crippen molar-refractivity contribution in [3.8, 4) is 0 Å². The predicted molar refractivity (Wildman–Crippen MR) is 63.0 cm³/mol. The van der Waals surface area contributed by atoms with Crippen LogP contribution in [-0.2, 0) is 14.3 Å². The molecule has 0 aromatic rings. The second kappa shape index (κ2) is 9.19. The van der Waals surface area contributed by atoms with E-state index < -0.39 is 0 Å². The van der Waals surface area contributed by atoms with Crippen molar-refractivity contribution in [2.75, 3.05) is 19.7 Å². The maximum atomic E-state index is 11.2. The van der Waals surface area contributed by atoms with Gasteiger partial charge in [-0.1, -0.05) is 20.3 Å². The molecule has 0 heterocycles. The summed E-state index contributed by atoms with van der Waals surface area (Å²) >= 11 is 0. The van der Waals surface area contributed by atoms with Crippen molar-refractivity contribution in [2.24, 2.45) is 0 Å². The third kappa shape index (κ3) is 7.26. The van der Waals surface area contributed by atoms with E-state index in [-0.39, 0.29) is 11.9 Å². The molecular weight excluding hydrogens is 206 g/mol. The second-order valence-electron chi connectivity index (χ2n) is 3.83. The Kier molecular flexibility index (Phi) is 8.58. The van der Waals surface area contributed by atoms with Crippen molar-refractivity contribution in [3.05, 3.63) is 0 Å². The molecule has 0 saturated carbocycles. The quantitative estimate of drug-likeness (QED) is 0.598. The number of unbranched alkanes of at least 4 members (excludes halogenated alkanes) is 1. The monoisotopic (exact) mass is 229 g/mol. The summed E-state index contributed by atoms with van der Waals surface area (Å²) in [5, 5.41) is 0. The topological polar surface area (TPSA) is 46.6 Å². The van der Waals surface area contributed by atoms with Crippen LogP contribution in [0, 0.1) is 0 Å². The summed E-state index contributed by atoms with van der Waals surface area (Å²) in [4.78, 5) is 24.0. The van der Waals surface area contributed by atoms with Crippen LogP contribution in [0.3, 0.4) is 0 Å². The first-order valence-electron chi connectivity index (χ1n) is 6.02. The molecule has 16 heavy (non-hydrogen) atoms. The SMILES string of the molecule is CCCCN(CCOC(=O)CCC)C(C)=O. The van der Waals surface area contributed by atoms with Crippen molar-refractivity contribution in [3.63, 3.8) is 0 Å². The minimum Gasteiger partial charge on any atom is -0.464 e. The number of rotatable bonds is 8. The molecule has 0 bridgehead atoms. The normalized spacial score (nSPS) is 9.94. The summed E-state index contributed by atoms with van der Waals surface area (Å²) in [5.41, 5.74) is 0. The van der Waals surface area contributed by atoms with Crippen LogP contribution < -0.4 is 0 Å². The standard InChI is InChI=1S/C12H23NO3/c1-4-6-8-13(11(3)14)9-10-16-12(15)7-5-2/h4-10H2,1-3H3. The zero-order valence-corrected chi connectivity index (χ0v) is 10.6. The predicted octanol–water partition coefficient (Wildman–Crippen LogP) is 1.98. The van der Waals surface area contributed by atoms with Crippen LogP contribution in [0.4, 0.5) is 0 Å². The van der Waals surface area contributed by atoms with Gasteiger partial charge in [-0.2, -0.15) is 0 Å². The highest BCUT2D eigenvalue weighted by atomic mass is 16.5. The smallest absolute Gasteiger partial charge is 0.305 e. The van der Waals surface area contributed by atoms with Crippen LogP contribution in [0.2, 0.25) is 0 Å². The molecule has 0 aliphatic carbocycles. The average molecular weight is 229 g/mol. The molecule has 0 atom stereocenters. The molecule has 0 rings (SSSR count).